The van der Waals surface area contributed by atoms with Crippen molar-refractivity contribution in [1.82, 2.24) is 9.80 Å². The largest absolute Gasteiger partial charge is 0.301 e. The zero-order chi connectivity index (χ0) is 12.7. The second-order valence-corrected chi connectivity index (χ2v) is 6.41. The number of hydrogen-bond acceptors (Lipinski definition) is 2. The molecule has 0 aromatic heterocycles. The zero-order valence-electron chi connectivity index (χ0n) is 12.5. The van der Waals surface area contributed by atoms with Crippen molar-refractivity contribution in [2.45, 2.75) is 65.3 Å². The monoisotopic (exact) mass is 240 g/mol. The van der Waals surface area contributed by atoms with Crippen molar-refractivity contribution < 1.29 is 0 Å². The number of nitrogens with zero attached hydrogens (tertiary/aromatic N) is 2. The minimum absolute atomic E-state index is 0.354. The van der Waals surface area contributed by atoms with E-state index in [9.17, 15) is 0 Å². The molecule has 0 radical (unpaired) electrons. The Hall–Kier alpha value is -0.0800. The van der Waals surface area contributed by atoms with E-state index in [-0.39, 0.29) is 0 Å². The van der Waals surface area contributed by atoms with Gasteiger partial charge in [0.25, 0.3) is 0 Å². The highest BCUT2D eigenvalue weighted by Gasteiger charge is 2.25. The van der Waals surface area contributed by atoms with E-state index < -0.39 is 0 Å². The highest BCUT2D eigenvalue weighted by atomic mass is 15.3. The summed E-state index contributed by atoms with van der Waals surface area (Å²) >= 11 is 0. The van der Waals surface area contributed by atoms with E-state index >= 15 is 0 Å². The molecule has 0 aromatic carbocycles. The van der Waals surface area contributed by atoms with E-state index in [1.165, 1.54) is 64.8 Å². The lowest BCUT2D eigenvalue weighted by atomic mass is 10.0. The molecule has 0 bridgehead atoms. The summed E-state index contributed by atoms with van der Waals surface area (Å²) in [5.74, 6) is 0. The molecule has 0 aliphatic carbocycles. The Morgan fingerprint density at radius 3 is 1.94 bits per heavy atom. The standard InChI is InChI=1S/C15H32N2/c1-5-6-7-8-9-10-16-11-13-17(14-12-16)15(2,3)4/h5-14H2,1-4H3. The first-order valence-corrected chi connectivity index (χ1v) is 7.51. The van der Waals surface area contributed by atoms with Crippen molar-refractivity contribution in [2.24, 2.45) is 0 Å². The lowest BCUT2D eigenvalue weighted by Gasteiger charge is -2.42. The van der Waals surface area contributed by atoms with Crippen LogP contribution in [0.3, 0.4) is 0 Å². The van der Waals surface area contributed by atoms with Crippen molar-refractivity contribution >= 4 is 0 Å². The number of hydrogen-bond donors (Lipinski definition) is 0. The Morgan fingerprint density at radius 2 is 1.41 bits per heavy atom. The van der Waals surface area contributed by atoms with Gasteiger partial charge in [0.05, 0.1) is 0 Å². The lowest BCUT2D eigenvalue weighted by molar-refractivity contribution is 0.0616. The molecule has 0 amide bonds. The molecule has 1 heterocycles. The summed E-state index contributed by atoms with van der Waals surface area (Å²) in [6.45, 7) is 15.6. The fraction of sp³-hybridized carbons (Fsp3) is 1.00. The molecule has 0 N–H and O–H groups in total. The molecular weight excluding hydrogens is 208 g/mol. The molecule has 1 aliphatic rings. The summed E-state index contributed by atoms with van der Waals surface area (Å²) in [5, 5.41) is 0. The molecule has 1 rings (SSSR count). The predicted molar refractivity (Wildman–Crippen MR) is 76.5 cm³/mol. The molecule has 1 saturated heterocycles. The highest BCUT2D eigenvalue weighted by Crippen LogP contribution is 2.16. The third-order valence-corrected chi connectivity index (χ3v) is 3.90. The van der Waals surface area contributed by atoms with E-state index in [1.54, 1.807) is 0 Å². The Bertz CT molecular complexity index is 188. The summed E-state index contributed by atoms with van der Waals surface area (Å²) in [4.78, 5) is 5.26. The summed E-state index contributed by atoms with van der Waals surface area (Å²) in [5.41, 5.74) is 0.354. The van der Waals surface area contributed by atoms with Crippen LogP contribution in [-0.2, 0) is 0 Å². The van der Waals surface area contributed by atoms with Gasteiger partial charge in [0.15, 0.2) is 0 Å². The predicted octanol–water partition coefficient (Wildman–Crippen LogP) is 3.37. The van der Waals surface area contributed by atoms with Gasteiger partial charge in [-0.2, -0.15) is 0 Å². The fourth-order valence-electron chi connectivity index (χ4n) is 2.58. The van der Waals surface area contributed by atoms with E-state index in [4.69, 9.17) is 0 Å². The van der Waals surface area contributed by atoms with Crippen molar-refractivity contribution in [3.05, 3.63) is 0 Å². The first kappa shape index (κ1) is 15.0. The molecule has 2 nitrogen and oxygen atoms in total. The molecule has 0 spiro atoms. The Kier molecular flexibility index (Phi) is 6.50. The van der Waals surface area contributed by atoms with E-state index in [1.807, 2.05) is 0 Å². The molecule has 2 heteroatoms. The zero-order valence-corrected chi connectivity index (χ0v) is 12.5. The van der Waals surface area contributed by atoms with Gasteiger partial charge in [-0.25, -0.2) is 0 Å². The summed E-state index contributed by atoms with van der Waals surface area (Å²) in [6.07, 6.45) is 7.02. The van der Waals surface area contributed by atoms with Crippen molar-refractivity contribution in [3.63, 3.8) is 0 Å². The molecule has 0 aromatic rings. The first-order chi connectivity index (χ1) is 8.04. The molecular formula is C15H32N2. The van der Waals surface area contributed by atoms with Crippen LogP contribution in [0, 0.1) is 0 Å². The average Bonchev–Trinajstić information content (AvgIpc) is 2.28. The topological polar surface area (TPSA) is 6.48 Å². The second-order valence-electron chi connectivity index (χ2n) is 6.41. The third-order valence-electron chi connectivity index (χ3n) is 3.90. The van der Waals surface area contributed by atoms with Gasteiger partial charge >= 0.3 is 0 Å². The summed E-state index contributed by atoms with van der Waals surface area (Å²) in [6, 6.07) is 0. The quantitative estimate of drug-likeness (QED) is 0.657. The van der Waals surface area contributed by atoms with Crippen LogP contribution in [0.2, 0.25) is 0 Å². The van der Waals surface area contributed by atoms with E-state index in [2.05, 4.69) is 37.5 Å². The molecule has 1 fully saturated rings. The van der Waals surface area contributed by atoms with Crippen molar-refractivity contribution in [1.29, 1.82) is 0 Å². The third kappa shape index (κ3) is 5.87. The minimum atomic E-state index is 0.354. The molecule has 0 saturated carbocycles. The van der Waals surface area contributed by atoms with Crippen LogP contribution in [0.1, 0.15) is 59.8 Å². The number of piperazine rings is 1. The molecule has 0 unspecified atom stereocenters. The number of rotatable bonds is 6. The second kappa shape index (κ2) is 7.38. The van der Waals surface area contributed by atoms with E-state index in [0.717, 1.165) is 0 Å². The maximum Gasteiger partial charge on any atom is 0.0126 e. The van der Waals surface area contributed by atoms with Gasteiger partial charge in [0.1, 0.15) is 0 Å². The lowest BCUT2D eigenvalue weighted by Crippen LogP contribution is -2.53. The average molecular weight is 240 g/mol. The number of unbranched alkanes of at least 4 members (excludes halogenated alkanes) is 4. The smallest absolute Gasteiger partial charge is 0.0126 e. The summed E-state index contributed by atoms with van der Waals surface area (Å²) in [7, 11) is 0. The molecule has 1 aliphatic heterocycles. The van der Waals surface area contributed by atoms with Crippen LogP contribution < -0.4 is 0 Å². The van der Waals surface area contributed by atoms with Gasteiger partial charge in [-0.3, -0.25) is 4.90 Å². The van der Waals surface area contributed by atoms with Gasteiger partial charge < -0.3 is 4.90 Å². The van der Waals surface area contributed by atoms with Crippen LogP contribution in [0.15, 0.2) is 0 Å². The first-order valence-electron chi connectivity index (χ1n) is 7.51. The van der Waals surface area contributed by atoms with Gasteiger partial charge in [-0.1, -0.05) is 32.6 Å². The highest BCUT2D eigenvalue weighted by molar-refractivity contribution is 4.81. The van der Waals surface area contributed by atoms with Gasteiger partial charge in [0.2, 0.25) is 0 Å². The maximum atomic E-state index is 2.65. The fourth-order valence-corrected chi connectivity index (χ4v) is 2.58. The molecule has 0 atom stereocenters. The minimum Gasteiger partial charge on any atom is -0.301 e. The molecule has 17 heavy (non-hydrogen) atoms. The van der Waals surface area contributed by atoms with Crippen LogP contribution >= 0.6 is 0 Å². The SMILES string of the molecule is CCCCCCCN1CCN(C(C)(C)C)CC1. The Morgan fingerprint density at radius 1 is 0.824 bits per heavy atom. The van der Waals surface area contributed by atoms with Crippen LogP contribution in [0.25, 0.3) is 0 Å². The van der Waals surface area contributed by atoms with E-state index in [0.29, 0.717) is 5.54 Å². The van der Waals surface area contributed by atoms with Crippen LogP contribution in [0.4, 0.5) is 0 Å². The van der Waals surface area contributed by atoms with Gasteiger partial charge in [-0.15, -0.1) is 0 Å². The van der Waals surface area contributed by atoms with Crippen molar-refractivity contribution in [2.75, 3.05) is 32.7 Å². The van der Waals surface area contributed by atoms with Gasteiger partial charge in [-0.05, 0) is 33.7 Å². The maximum absolute atomic E-state index is 2.65. The Labute approximate surface area is 108 Å². The van der Waals surface area contributed by atoms with Crippen molar-refractivity contribution in [3.8, 4) is 0 Å². The Balaban J connectivity index is 2.07. The normalized spacial score (nSPS) is 19.8. The van der Waals surface area contributed by atoms with Crippen LogP contribution in [-0.4, -0.2) is 48.1 Å². The molecule has 102 valence electrons. The van der Waals surface area contributed by atoms with Crippen LogP contribution in [0.5, 0.6) is 0 Å². The van der Waals surface area contributed by atoms with Gasteiger partial charge in [0, 0.05) is 31.7 Å². The summed E-state index contributed by atoms with van der Waals surface area (Å²) < 4.78 is 0.